The molecule has 3 rings (SSSR count). The number of aromatic amines is 1. The van der Waals surface area contributed by atoms with E-state index in [4.69, 9.17) is 4.74 Å². The van der Waals surface area contributed by atoms with Crippen LogP contribution in [-0.2, 0) is 0 Å². The lowest BCUT2D eigenvalue weighted by Crippen LogP contribution is -2.12. The van der Waals surface area contributed by atoms with Gasteiger partial charge in [-0.2, -0.15) is 5.10 Å². The van der Waals surface area contributed by atoms with Gasteiger partial charge in [0.05, 0.1) is 12.3 Å². The first kappa shape index (κ1) is 16.4. The van der Waals surface area contributed by atoms with Gasteiger partial charge in [0.15, 0.2) is 0 Å². The highest BCUT2D eigenvalue weighted by Gasteiger charge is 2.08. The summed E-state index contributed by atoms with van der Waals surface area (Å²) in [6.07, 6.45) is 0. The van der Waals surface area contributed by atoms with E-state index >= 15 is 0 Å². The molecule has 0 saturated heterocycles. The third kappa shape index (κ3) is 4.11. The number of amides is 1. The van der Waals surface area contributed by atoms with Crippen LogP contribution < -0.4 is 15.6 Å². The van der Waals surface area contributed by atoms with Gasteiger partial charge >= 0.3 is 0 Å². The van der Waals surface area contributed by atoms with E-state index in [2.05, 4.69) is 15.5 Å². The molecule has 126 valence electrons. The standard InChI is InChI=1S/C19H17N3O3/c1-2-25-16-8-6-13(7-9-16)19(24)20-15-5-3-4-14(12-15)17-10-11-18(23)22-21-17/h3-12H,2H2,1H3,(H,20,24)(H,22,23). The second-order valence-corrected chi connectivity index (χ2v) is 5.30. The van der Waals surface area contributed by atoms with E-state index in [9.17, 15) is 9.59 Å². The molecule has 0 spiro atoms. The van der Waals surface area contributed by atoms with Crippen LogP contribution in [0, 0.1) is 0 Å². The maximum Gasteiger partial charge on any atom is 0.264 e. The number of carbonyl (C=O) groups is 1. The minimum absolute atomic E-state index is 0.213. The van der Waals surface area contributed by atoms with Crippen molar-refractivity contribution in [2.45, 2.75) is 6.92 Å². The summed E-state index contributed by atoms with van der Waals surface area (Å²) < 4.78 is 5.37. The lowest BCUT2D eigenvalue weighted by Gasteiger charge is -2.08. The fourth-order valence-corrected chi connectivity index (χ4v) is 2.33. The molecular formula is C19H17N3O3. The third-order valence-electron chi connectivity index (χ3n) is 3.52. The molecule has 1 amide bonds. The Kier molecular flexibility index (Phi) is 4.89. The molecule has 2 N–H and O–H groups in total. The summed E-state index contributed by atoms with van der Waals surface area (Å²) in [7, 11) is 0. The first-order valence-electron chi connectivity index (χ1n) is 7.86. The third-order valence-corrected chi connectivity index (χ3v) is 3.52. The van der Waals surface area contributed by atoms with E-state index in [1.54, 1.807) is 42.5 Å². The zero-order chi connectivity index (χ0) is 17.6. The molecule has 0 bridgehead atoms. The molecule has 0 unspecified atom stereocenters. The highest BCUT2D eigenvalue weighted by Crippen LogP contribution is 2.20. The van der Waals surface area contributed by atoms with Crippen LogP contribution in [0.2, 0.25) is 0 Å². The summed E-state index contributed by atoms with van der Waals surface area (Å²) in [5, 5.41) is 9.24. The van der Waals surface area contributed by atoms with Gasteiger partial charge in [-0.15, -0.1) is 0 Å². The predicted octanol–water partition coefficient (Wildman–Crippen LogP) is 3.09. The van der Waals surface area contributed by atoms with Crippen LogP contribution in [0.4, 0.5) is 5.69 Å². The van der Waals surface area contributed by atoms with E-state index in [-0.39, 0.29) is 11.5 Å². The average Bonchev–Trinajstić information content (AvgIpc) is 2.63. The Hall–Kier alpha value is -3.41. The Bertz CT molecular complexity index is 913. The van der Waals surface area contributed by atoms with Gasteiger partial charge in [0.25, 0.3) is 11.5 Å². The fraction of sp³-hybridized carbons (Fsp3) is 0.105. The summed E-state index contributed by atoms with van der Waals surface area (Å²) in [4.78, 5) is 23.5. The molecule has 0 fully saturated rings. The molecule has 0 aliphatic heterocycles. The van der Waals surface area contributed by atoms with Crippen molar-refractivity contribution in [2.24, 2.45) is 0 Å². The van der Waals surface area contributed by atoms with Crippen molar-refractivity contribution in [3.63, 3.8) is 0 Å². The molecule has 3 aromatic rings. The van der Waals surface area contributed by atoms with Crippen molar-refractivity contribution < 1.29 is 9.53 Å². The molecule has 1 heterocycles. The molecule has 0 atom stereocenters. The number of hydrogen-bond donors (Lipinski definition) is 2. The zero-order valence-electron chi connectivity index (χ0n) is 13.7. The Labute approximate surface area is 144 Å². The molecule has 0 aliphatic carbocycles. The lowest BCUT2D eigenvalue weighted by molar-refractivity contribution is 0.102. The largest absolute Gasteiger partial charge is 0.494 e. The number of carbonyl (C=O) groups excluding carboxylic acids is 1. The van der Waals surface area contributed by atoms with Crippen molar-refractivity contribution in [3.05, 3.63) is 76.6 Å². The minimum Gasteiger partial charge on any atom is -0.494 e. The summed E-state index contributed by atoms with van der Waals surface area (Å²) in [5.74, 6) is 0.514. The topological polar surface area (TPSA) is 84.1 Å². The predicted molar refractivity (Wildman–Crippen MR) is 95.9 cm³/mol. The highest BCUT2D eigenvalue weighted by atomic mass is 16.5. The molecule has 6 nitrogen and oxygen atoms in total. The summed E-state index contributed by atoms with van der Waals surface area (Å²) in [6, 6.07) is 17.3. The first-order valence-corrected chi connectivity index (χ1v) is 7.86. The van der Waals surface area contributed by atoms with E-state index in [0.717, 1.165) is 11.3 Å². The molecule has 0 aliphatic rings. The van der Waals surface area contributed by atoms with Gasteiger partial charge in [0, 0.05) is 22.9 Å². The molecular weight excluding hydrogens is 318 g/mol. The summed E-state index contributed by atoms with van der Waals surface area (Å²) in [5.41, 5.74) is 2.33. The van der Waals surface area contributed by atoms with E-state index in [1.165, 1.54) is 6.07 Å². The SMILES string of the molecule is CCOc1ccc(C(=O)Nc2cccc(-c3ccc(=O)[nH]n3)c2)cc1. The van der Waals surface area contributed by atoms with E-state index in [1.807, 2.05) is 19.1 Å². The number of hydrogen-bond acceptors (Lipinski definition) is 4. The van der Waals surface area contributed by atoms with Crippen LogP contribution in [0.5, 0.6) is 5.75 Å². The highest BCUT2D eigenvalue weighted by molar-refractivity contribution is 6.04. The van der Waals surface area contributed by atoms with Crippen LogP contribution >= 0.6 is 0 Å². The number of aromatic nitrogens is 2. The van der Waals surface area contributed by atoms with Crippen molar-refractivity contribution in [2.75, 3.05) is 11.9 Å². The summed E-state index contributed by atoms with van der Waals surface area (Å²) >= 11 is 0. The van der Waals surface area contributed by atoms with Gasteiger partial charge in [-0.25, -0.2) is 5.10 Å². The Morgan fingerprint density at radius 3 is 2.60 bits per heavy atom. The number of benzene rings is 2. The molecule has 0 saturated carbocycles. The van der Waals surface area contributed by atoms with E-state index in [0.29, 0.717) is 23.6 Å². The number of H-pyrrole nitrogens is 1. The van der Waals surface area contributed by atoms with Crippen LogP contribution in [0.3, 0.4) is 0 Å². The smallest absolute Gasteiger partial charge is 0.264 e. The van der Waals surface area contributed by atoms with Crippen LogP contribution in [-0.4, -0.2) is 22.7 Å². The normalized spacial score (nSPS) is 10.3. The Morgan fingerprint density at radius 1 is 1.12 bits per heavy atom. The number of anilines is 1. The fourth-order valence-electron chi connectivity index (χ4n) is 2.33. The Balaban J connectivity index is 1.76. The Morgan fingerprint density at radius 2 is 1.92 bits per heavy atom. The molecule has 0 radical (unpaired) electrons. The van der Waals surface area contributed by atoms with Gasteiger partial charge in [-0.3, -0.25) is 9.59 Å². The van der Waals surface area contributed by atoms with Crippen molar-refractivity contribution in [1.82, 2.24) is 10.2 Å². The number of nitrogens with one attached hydrogen (secondary N) is 2. The summed E-state index contributed by atoms with van der Waals surface area (Å²) in [6.45, 7) is 2.49. The molecule has 25 heavy (non-hydrogen) atoms. The maximum atomic E-state index is 12.4. The van der Waals surface area contributed by atoms with Gasteiger partial charge in [0.1, 0.15) is 5.75 Å². The van der Waals surface area contributed by atoms with Gasteiger partial charge < -0.3 is 10.1 Å². The molecule has 2 aromatic carbocycles. The second-order valence-electron chi connectivity index (χ2n) is 5.30. The van der Waals surface area contributed by atoms with Crippen molar-refractivity contribution in [1.29, 1.82) is 0 Å². The molecule has 1 aromatic heterocycles. The number of ether oxygens (including phenoxy) is 1. The van der Waals surface area contributed by atoms with Crippen molar-refractivity contribution in [3.8, 4) is 17.0 Å². The van der Waals surface area contributed by atoms with Gasteiger partial charge in [-0.05, 0) is 49.4 Å². The van der Waals surface area contributed by atoms with Crippen LogP contribution in [0.15, 0.2) is 65.5 Å². The first-order chi connectivity index (χ1) is 12.2. The second kappa shape index (κ2) is 7.44. The molecule has 6 heteroatoms. The lowest BCUT2D eigenvalue weighted by atomic mass is 10.1. The minimum atomic E-state index is -0.260. The van der Waals surface area contributed by atoms with Gasteiger partial charge in [0.2, 0.25) is 0 Å². The average molecular weight is 335 g/mol. The maximum absolute atomic E-state index is 12.4. The number of rotatable bonds is 5. The quantitative estimate of drug-likeness (QED) is 0.750. The van der Waals surface area contributed by atoms with Crippen LogP contribution in [0.25, 0.3) is 11.3 Å². The van der Waals surface area contributed by atoms with Crippen LogP contribution in [0.1, 0.15) is 17.3 Å². The van der Waals surface area contributed by atoms with Gasteiger partial charge in [-0.1, -0.05) is 12.1 Å². The zero-order valence-corrected chi connectivity index (χ0v) is 13.7. The number of nitrogens with zero attached hydrogens (tertiary/aromatic N) is 1. The van der Waals surface area contributed by atoms with E-state index < -0.39 is 0 Å². The monoisotopic (exact) mass is 335 g/mol. The van der Waals surface area contributed by atoms with Crippen molar-refractivity contribution >= 4 is 11.6 Å².